The summed E-state index contributed by atoms with van der Waals surface area (Å²) in [6.07, 6.45) is 14.5. The molecule has 0 aromatic heterocycles. The first-order valence-corrected chi connectivity index (χ1v) is 11.9. The van der Waals surface area contributed by atoms with Gasteiger partial charge in [0, 0.05) is 0 Å². The Hall–Kier alpha value is 0.246. The Balaban J connectivity index is 0.00000392. The van der Waals surface area contributed by atoms with Crippen LogP contribution >= 0.6 is 0 Å². The predicted molar refractivity (Wildman–Crippen MR) is 112 cm³/mol. The first-order chi connectivity index (χ1) is 13.0. The average molecular weight is 429 g/mol. The van der Waals surface area contributed by atoms with E-state index in [4.69, 9.17) is 0 Å². The van der Waals surface area contributed by atoms with E-state index in [9.17, 15) is 13.0 Å². The van der Waals surface area contributed by atoms with Crippen LogP contribution in [-0.4, -0.2) is 13.0 Å². The van der Waals surface area contributed by atoms with Crippen LogP contribution in [0.15, 0.2) is 41.3 Å². The quantitative estimate of drug-likeness (QED) is 0.278. The van der Waals surface area contributed by atoms with Gasteiger partial charge in [-0.15, -0.1) is 0 Å². The van der Waals surface area contributed by atoms with Gasteiger partial charge in [-0.1, -0.05) is 108 Å². The largest absolute Gasteiger partial charge is 1.00 e. The van der Waals surface area contributed by atoms with E-state index in [1.54, 1.807) is 12.1 Å². The van der Waals surface area contributed by atoms with Gasteiger partial charge in [0.25, 0.3) is 0 Å². The van der Waals surface area contributed by atoms with Gasteiger partial charge in [-0.05, 0) is 29.2 Å². The second-order valence-corrected chi connectivity index (χ2v) is 8.83. The summed E-state index contributed by atoms with van der Waals surface area (Å²) in [6.45, 7) is 2.24. The van der Waals surface area contributed by atoms with E-state index >= 15 is 0 Å². The maximum absolute atomic E-state index is 11.8. The number of aryl methyl sites for hydroxylation is 1. The van der Waals surface area contributed by atoms with Crippen molar-refractivity contribution in [2.75, 3.05) is 0 Å². The van der Waals surface area contributed by atoms with Crippen molar-refractivity contribution >= 4 is 20.9 Å². The molecule has 0 aliphatic heterocycles. The maximum atomic E-state index is 11.8. The molecule has 0 amide bonds. The zero-order valence-corrected chi connectivity index (χ0v) is 21.5. The average Bonchev–Trinajstić information content (AvgIpc) is 2.64. The molecular formula is C23H33KO3S. The van der Waals surface area contributed by atoms with Gasteiger partial charge in [-0.3, -0.25) is 0 Å². The summed E-state index contributed by atoms with van der Waals surface area (Å²) in [5.41, 5.74) is 0.666. The number of hydrogen-bond acceptors (Lipinski definition) is 3. The molecule has 0 unspecified atom stereocenters. The van der Waals surface area contributed by atoms with Crippen molar-refractivity contribution in [1.82, 2.24) is 0 Å². The molecule has 0 radical (unpaired) electrons. The van der Waals surface area contributed by atoms with E-state index in [0.717, 1.165) is 18.2 Å². The molecule has 0 spiro atoms. The molecule has 0 N–H and O–H groups in total. The van der Waals surface area contributed by atoms with Gasteiger partial charge in [0.05, 0.1) is 4.90 Å². The summed E-state index contributed by atoms with van der Waals surface area (Å²) in [5.74, 6) is 0. The van der Waals surface area contributed by atoms with Crippen LogP contribution in [0.5, 0.6) is 0 Å². The van der Waals surface area contributed by atoms with E-state index in [0.29, 0.717) is 17.4 Å². The molecule has 28 heavy (non-hydrogen) atoms. The number of benzene rings is 2. The maximum Gasteiger partial charge on any atom is 1.00 e. The second kappa shape index (κ2) is 14.3. The van der Waals surface area contributed by atoms with Crippen molar-refractivity contribution in [2.45, 2.75) is 88.9 Å². The molecule has 0 aliphatic rings. The van der Waals surface area contributed by atoms with Crippen LogP contribution < -0.4 is 51.4 Å². The number of hydrogen-bond donors (Lipinski definition) is 0. The summed E-state index contributed by atoms with van der Waals surface area (Å²) < 4.78 is 35.4. The predicted octanol–water partition coefficient (Wildman–Crippen LogP) is 3.60. The van der Waals surface area contributed by atoms with Crippen LogP contribution in [0.2, 0.25) is 0 Å². The molecule has 0 atom stereocenters. The first kappa shape index (κ1) is 26.3. The van der Waals surface area contributed by atoms with Gasteiger partial charge in [-0.2, -0.15) is 0 Å². The SMILES string of the molecule is CCCCCCCCCCCCCc1ccc2ccccc2c1S(=O)(=O)[O-].[K+]. The van der Waals surface area contributed by atoms with Crippen molar-refractivity contribution in [3.63, 3.8) is 0 Å². The Bertz CT molecular complexity index is 803. The molecule has 2 rings (SSSR count). The standard InChI is InChI=1S/C23H34O3S.K/c1-2-3-4-5-6-7-8-9-10-11-12-16-21-19-18-20-15-13-14-17-22(20)23(21)27(24,25)26;/h13-15,17-19H,2-12,16H2,1H3,(H,24,25,26);/q;+1/p-1. The zero-order valence-electron chi connectivity index (χ0n) is 17.6. The van der Waals surface area contributed by atoms with Crippen LogP contribution in [0.4, 0.5) is 0 Å². The summed E-state index contributed by atoms with van der Waals surface area (Å²) in [7, 11) is -4.47. The van der Waals surface area contributed by atoms with Gasteiger partial charge < -0.3 is 4.55 Å². The Morgan fingerprint density at radius 2 is 1.29 bits per heavy atom. The minimum atomic E-state index is -4.47. The van der Waals surface area contributed by atoms with Gasteiger partial charge in [-0.25, -0.2) is 8.42 Å². The molecule has 0 heterocycles. The van der Waals surface area contributed by atoms with Gasteiger partial charge in [0.15, 0.2) is 0 Å². The third-order valence-corrected chi connectivity index (χ3v) is 6.24. The third kappa shape index (κ3) is 8.94. The Labute approximate surface area is 213 Å². The molecule has 0 bridgehead atoms. The van der Waals surface area contributed by atoms with Crippen LogP contribution in [-0.2, 0) is 16.5 Å². The molecule has 2 aromatic carbocycles. The van der Waals surface area contributed by atoms with Gasteiger partial charge in [0.1, 0.15) is 10.1 Å². The molecule has 0 saturated carbocycles. The van der Waals surface area contributed by atoms with Crippen molar-refractivity contribution in [2.24, 2.45) is 0 Å². The van der Waals surface area contributed by atoms with Crippen LogP contribution in [0.1, 0.15) is 83.1 Å². The Morgan fingerprint density at radius 3 is 1.86 bits per heavy atom. The molecule has 0 saturated heterocycles. The van der Waals surface area contributed by atoms with Crippen LogP contribution in [0.25, 0.3) is 10.8 Å². The van der Waals surface area contributed by atoms with Crippen LogP contribution in [0.3, 0.4) is 0 Å². The molecule has 150 valence electrons. The normalized spacial score (nSPS) is 11.5. The van der Waals surface area contributed by atoms with E-state index in [1.165, 1.54) is 57.8 Å². The summed E-state index contributed by atoms with van der Waals surface area (Å²) in [6, 6.07) is 10.9. The molecule has 5 heteroatoms. The fourth-order valence-corrected chi connectivity index (χ4v) is 4.71. The summed E-state index contributed by atoms with van der Waals surface area (Å²) in [4.78, 5) is -0.0207. The second-order valence-electron chi connectivity index (χ2n) is 7.51. The summed E-state index contributed by atoms with van der Waals surface area (Å²) >= 11 is 0. The number of unbranched alkanes of at least 4 members (excludes halogenated alkanes) is 10. The topological polar surface area (TPSA) is 57.2 Å². The van der Waals surface area contributed by atoms with Crippen molar-refractivity contribution < 1.29 is 64.4 Å². The zero-order chi connectivity index (χ0) is 19.5. The molecular weight excluding hydrogens is 395 g/mol. The monoisotopic (exact) mass is 428 g/mol. The van der Waals surface area contributed by atoms with E-state index < -0.39 is 10.1 Å². The van der Waals surface area contributed by atoms with Crippen molar-refractivity contribution in [3.05, 3.63) is 42.0 Å². The summed E-state index contributed by atoms with van der Waals surface area (Å²) in [5, 5.41) is 1.35. The van der Waals surface area contributed by atoms with Crippen LogP contribution in [0, 0.1) is 0 Å². The third-order valence-electron chi connectivity index (χ3n) is 5.26. The molecule has 0 aliphatic carbocycles. The minimum absolute atomic E-state index is 0. The van der Waals surface area contributed by atoms with Gasteiger partial charge >= 0.3 is 51.4 Å². The smallest absolute Gasteiger partial charge is 0.744 e. The molecule has 2 aromatic rings. The Kier molecular flexibility index (Phi) is 13.4. The van der Waals surface area contributed by atoms with Crippen molar-refractivity contribution in [1.29, 1.82) is 0 Å². The van der Waals surface area contributed by atoms with E-state index in [1.807, 2.05) is 24.3 Å². The number of fused-ring (bicyclic) bond motifs is 1. The minimum Gasteiger partial charge on any atom is -0.744 e. The number of rotatable bonds is 13. The molecule has 0 fully saturated rings. The fourth-order valence-electron chi connectivity index (χ4n) is 3.76. The molecule has 3 nitrogen and oxygen atoms in total. The van der Waals surface area contributed by atoms with Crippen molar-refractivity contribution in [3.8, 4) is 0 Å². The fraction of sp³-hybridized carbons (Fsp3) is 0.565. The Morgan fingerprint density at radius 1 is 0.750 bits per heavy atom. The first-order valence-electron chi connectivity index (χ1n) is 10.5. The van der Waals surface area contributed by atoms with Gasteiger partial charge in [0.2, 0.25) is 0 Å². The van der Waals surface area contributed by atoms with E-state index in [2.05, 4.69) is 6.92 Å². The van der Waals surface area contributed by atoms with E-state index in [-0.39, 0.29) is 56.3 Å².